The summed E-state index contributed by atoms with van der Waals surface area (Å²) in [4.78, 5) is 12.5. The maximum Gasteiger partial charge on any atom is 0.223 e. The van der Waals surface area contributed by atoms with Crippen LogP contribution in [0.2, 0.25) is 10.0 Å². The minimum atomic E-state index is -0.194. The summed E-state index contributed by atoms with van der Waals surface area (Å²) in [6.45, 7) is 0. The van der Waals surface area contributed by atoms with Crippen LogP contribution in [-0.4, -0.2) is 15.6 Å². The summed E-state index contributed by atoms with van der Waals surface area (Å²) in [5, 5.41) is 6.45. The molecule has 3 nitrogen and oxygen atoms in total. The highest BCUT2D eigenvalue weighted by molar-refractivity contribution is 7.13. The van der Waals surface area contributed by atoms with Crippen LogP contribution in [0.3, 0.4) is 0 Å². The van der Waals surface area contributed by atoms with E-state index in [1.165, 1.54) is 22.2 Å². The standard InChI is InChI=1S/C9H6Cl2N2OS/c1-13-7(6(11)4-12-13)8(14)9-5(10)2-3-15-9/h2-4H,1H3. The van der Waals surface area contributed by atoms with Crippen molar-refractivity contribution < 1.29 is 4.79 Å². The van der Waals surface area contributed by atoms with Crippen molar-refractivity contribution in [2.45, 2.75) is 0 Å². The lowest BCUT2D eigenvalue weighted by molar-refractivity contribution is 0.103. The van der Waals surface area contributed by atoms with Gasteiger partial charge in [0.2, 0.25) is 5.78 Å². The lowest BCUT2D eigenvalue weighted by Crippen LogP contribution is -2.07. The number of halogens is 2. The van der Waals surface area contributed by atoms with Gasteiger partial charge in [-0.25, -0.2) is 0 Å². The summed E-state index contributed by atoms with van der Waals surface area (Å²) >= 11 is 13.0. The van der Waals surface area contributed by atoms with Gasteiger partial charge < -0.3 is 0 Å². The van der Waals surface area contributed by atoms with Crippen molar-refractivity contribution in [3.05, 3.63) is 38.3 Å². The van der Waals surface area contributed by atoms with Gasteiger partial charge >= 0.3 is 0 Å². The molecule has 0 radical (unpaired) electrons. The molecule has 0 unspecified atom stereocenters. The fraction of sp³-hybridized carbons (Fsp3) is 0.111. The molecule has 0 aliphatic rings. The molecule has 0 amide bonds. The molecule has 6 heteroatoms. The second-order valence-electron chi connectivity index (χ2n) is 2.89. The van der Waals surface area contributed by atoms with Crippen LogP contribution in [0.4, 0.5) is 0 Å². The lowest BCUT2D eigenvalue weighted by atomic mass is 10.2. The highest BCUT2D eigenvalue weighted by atomic mass is 35.5. The summed E-state index contributed by atoms with van der Waals surface area (Å²) in [5.74, 6) is -0.194. The third-order valence-electron chi connectivity index (χ3n) is 1.93. The van der Waals surface area contributed by atoms with Gasteiger partial charge in [-0.1, -0.05) is 23.2 Å². The first-order valence-corrected chi connectivity index (χ1v) is 5.70. The van der Waals surface area contributed by atoms with E-state index in [0.29, 0.717) is 20.6 Å². The summed E-state index contributed by atoms with van der Waals surface area (Å²) in [5.41, 5.74) is 0.362. The predicted molar refractivity (Wildman–Crippen MR) is 61.0 cm³/mol. The molecule has 0 atom stereocenters. The number of rotatable bonds is 2. The number of hydrogen-bond donors (Lipinski definition) is 0. The fourth-order valence-corrected chi connectivity index (χ4v) is 2.56. The number of hydrogen-bond acceptors (Lipinski definition) is 3. The van der Waals surface area contributed by atoms with Gasteiger partial charge in [0.15, 0.2) is 0 Å². The average molecular weight is 261 g/mol. The van der Waals surface area contributed by atoms with E-state index in [1.54, 1.807) is 18.5 Å². The van der Waals surface area contributed by atoms with Gasteiger partial charge in [0.25, 0.3) is 0 Å². The van der Waals surface area contributed by atoms with Crippen LogP contribution in [0.25, 0.3) is 0 Å². The SMILES string of the molecule is Cn1ncc(Cl)c1C(=O)c1sccc1Cl. The van der Waals surface area contributed by atoms with Crippen molar-refractivity contribution in [1.82, 2.24) is 9.78 Å². The van der Waals surface area contributed by atoms with E-state index in [1.807, 2.05) is 0 Å². The van der Waals surface area contributed by atoms with E-state index in [9.17, 15) is 4.79 Å². The molecule has 0 saturated carbocycles. The van der Waals surface area contributed by atoms with E-state index in [4.69, 9.17) is 23.2 Å². The summed E-state index contributed by atoms with van der Waals surface area (Å²) in [7, 11) is 1.67. The zero-order valence-electron chi connectivity index (χ0n) is 7.70. The number of carbonyl (C=O) groups is 1. The molecule has 0 spiro atoms. The molecule has 0 aliphatic carbocycles. The van der Waals surface area contributed by atoms with E-state index in [0.717, 1.165) is 0 Å². The van der Waals surface area contributed by atoms with Crippen LogP contribution >= 0.6 is 34.5 Å². The van der Waals surface area contributed by atoms with Gasteiger partial charge in [-0.2, -0.15) is 5.10 Å². The Hall–Kier alpha value is -0.840. The van der Waals surface area contributed by atoms with Crippen LogP contribution in [-0.2, 0) is 7.05 Å². The second kappa shape index (κ2) is 3.96. The highest BCUT2D eigenvalue weighted by Gasteiger charge is 2.20. The Bertz CT molecular complexity index is 498. The fourth-order valence-electron chi connectivity index (χ4n) is 1.23. The Morgan fingerprint density at radius 3 is 2.67 bits per heavy atom. The van der Waals surface area contributed by atoms with Crippen molar-refractivity contribution in [1.29, 1.82) is 0 Å². The predicted octanol–water partition coefficient (Wildman–Crippen LogP) is 3.02. The van der Waals surface area contributed by atoms with Crippen molar-refractivity contribution in [3.63, 3.8) is 0 Å². The average Bonchev–Trinajstić information content (AvgIpc) is 2.73. The number of carbonyl (C=O) groups excluding carboxylic acids is 1. The van der Waals surface area contributed by atoms with Crippen LogP contribution in [0.1, 0.15) is 15.4 Å². The van der Waals surface area contributed by atoms with Gasteiger partial charge in [0, 0.05) is 7.05 Å². The van der Waals surface area contributed by atoms with Crippen LogP contribution in [0.5, 0.6) is 0 Å². The lowest BCUT2D eigenvalue weighted by Gasteiger charge is -2.00. The van der Waals surface area contributed by atoms with Crippen LogP contribution in [0.15, 0.2) is 17.6 Å². The van der Waals surface area contributed by atoms with Gasteiger partial charge in [-0.05, 0) is 11.4 Å². The summed E-state index contributed by atoms with van der Waals surface area (Å²) < 4.78 is 1.45. The molecule has 0 N–H and O–H groups in total. The van der Waals surface area contributed by atoms with Crippen LogP contribution in [0, 0.1) is 0 Å². The number of aromatic nitrogens is 2. The topological polar surface area (TPSA) is 34.9 Å². The van der Waals surface area contributed by atoms with Crippen molar-refractivity contribution in [2.75, 3.05) is 0 Å². The Labute approximate surface area is 100 Å². The molecule has 2 heterocycles. The summed E-state index contributed by atoms with van der Waals surface area (Å²) in [6.07, 6.45) is 1.44. The molecule has 0 fully saturated rings. The summed E-state index contributed by atoms with van der Waals surface area (Å²) in [6, 6.07) is 1.68. The van der Waals surface area contributed by atoms with Crippen molar-refractivity contribution >= 4 is 40.3 Å². The Kier molecular flexibility index (Phi) is 2.82. The molecular weight excluding hydrogens is 255 g/mol. The van der Waals surface area contributed by atoms with Crippen molar-refractivity contribution in [3.8, 4) is 0 Å². The van der Waals surface area contributed by atoms with Gasteiger partial charge in [-0.15, -0.1) is 11.3 Å². The largest absolute Gasteiger partial charge is 0.286 e. The number of ketones is 1. The maximum atomic E-state index is 12.0. The number of nitrogens with zero attached hydrogens (tertiary/aromatic N) is 2. The zero-order valence-corrected chi connectivity index (χ0v) is 10.0. The maximum absolute atomic E-state index is 12.0. The molecule has 0 saturated heterocycles. The van der Waals surface area contributed by atoms with E-state index < -0.39 is 0 Å². The molecule has 78 valence electrons. The minimum Gasteiger partial charge on any atom is -0.286 e. The molecule has 0 aliphatic heterocycles. The molecule has 2 aromatic heterocycles. The minimum absolute atomic E-state index is 0.194. The third kappa shape index (κ3) is 1.80. The van der Waals surface area contributed by atoms with Crippen LogP contribution < -0.4 is 0 Å². The number of aryl methyl sites for hydroxylation is 1. The van der Waals surface area contributed by atoms with E-state index >= 15 is 0 Å². The Morgan fingerprint density at radius 2 is 2.20 bits per heavy atom. The third-order valence-corrected chi connectivity index (χ3v) is 3.55. The Morgan fingerprint density at radius 1 is 1.47 bits per heavy atom. The molecule has 0 aromatic carbocycles. The first kappa shape index (κ1) is 10.7. The molecule has 2 rings (SSSR count). The van der Waals surface area contributed by atoms with Crippen molar-refractivity contribution in [2.24, 2.45) is 7.05 Å². The highest BCUT2D eigenvalue weighted by Crippen LogP contribution is 2.27. The Balaban J connectivity index is 2.50. The first-order chi connectivity index (χ1) is 7.11. The van der Waals surface area contributed by atoms with Gasteiger partial charge in [0.1, 0.15) is 5.69 Å². The molecular formula is C9H6Cl2N2OS. The molecule has 0 bridgehead atoms. The monoisotopic (exact) mass is 260 g/mol. The smallest absolute Gasteiger partial charge is 0.223 e. The number of thiophene rings is 1. The van der Waals surface area contributed by atoms with E-state index in [-0.39, 0.29) is 5.78 Å². The molecule has 15 heavy (non-hydrogen) atoms. The zero-order chi connectivity index (χ0) is 11.0. The second-order valence-corrected chi connectivity index (χ2v) is 4.62. The van der Waals surface area contributed by atoms with Gasteiger partial charge in [-0.3, -0.25) is 9.48 Å². The van der Waals surface area contributed by atoms with E-state index in [2.05, 4.69) is 5.10 Å². The normalized spacial score (nSPS) is 10.6. The first-order valence-electron chi connectivity index (χ1n) is 4.06. The quantitative estimate of drug-likeness (QED) is 0.779. The van der Waals surface area contributed by atoms with Gasteiger partial charge in [0.05, 0.1) is 21.1 Å². The molecule has 2 aromatic rings.